The number of thiophene rings is 1. The molecule has 3 rings (SSSR count). The Balaban J connectivity index is 0.00000225. The van der Waals surface area contributed by atoms with Gasteiger partial charge in [0, 0.05) is 27.2 Å². The normalized spacial score (nSPS) is 14.0. The van der Waals surface area contributed by atoms with Crippen molar-refractivity contribution in [1.82, 2.24) is 10.2 Å². The molecule has 0 amide bonds. The topological polar surface area (TPSA) is 46.1 Å². The summed E-state index contributed by atoms with van der Waals surface area (Å²) in [5, 5.41) is 7.77. The van der Waals surface area contributed by atoms with Crippen LogP contribution in [0.5, 0.6) is 11.5 Å². The highest BCUT2D eigenvalue weighted by molar-refractivity contribution is 14.0. The number of halogens is 1. The Bertz CT molecular complexity index is 706. The molecular formula is C18H24IN3O2S. The van der Waals surface area contributed by atoms with Gasteiger partial charge in [0.05, 0.1) is 0 Å². The van der Waals surface area contributed by atoms with E-state index < -0.39 is 0 Å². The van der Waals surface area contributed by atoms with E-state index >= 15 is 0 Å². The van der Waals surface area contributed by atoms with E-state index in [4.69, 9.17) is 9.47 Å². The minimum atomic E-state index is 0. The summed E-state index contributed by atoms with van der Waals surface area (Å²) in [6, 6.07) is 8.22. The smallest absolute Gasteiger partial charge is 0.231 e. The maximum atomic E-state index is 5.44. The van der Waals surface area contributed by atoms with Crippen LogP contribution < -0.4 is 14.8 Å². The first-order valence-electron chi connectivity index (χ1n) is 7.99. The molecule has 136 valence electrons. The van der Waals surface area contributed by atoms with E-state index in [0.717, 1.165) is 36.1 Å². The van der Waals surface area contributed by atoms with Gasteiger partial charge in [-0.15, -0.1) is 24.0 Å². The zero-order chi connectivity index (χ0) is 16.9. The molecule has 25 heavy (non-hydrogen) atoms. The van der Waals surface area contributed by atoms with Crippen LogP contribution in [0.3, 0.4) is 0 Å². The van der Waals surface area contributed by atoms with E-state index in [1.54, 1.807) is 11.3 Å². The molecular weight excluding hydrogens is 449 g/mol. The van der Waals surface area contributed by atoms with Gasteiger partial charge in [-0.2, -0.15) is 11.3 Å². The molecule has 0 saturated carbocycles. The fourth-order valence-corrected chi connectivity index (χ4v) is 3.47. The number of guanidine groups is 1. The second kappa shape index (κ2) is 9.28. The fourth-order valence-electron chi connectivity index (χ4n) is 2.69. The molecule has 1 aliphatic heterocycles. The minimum Gasteiger partial charge on any atom is -0.454 e. The molecule has 0 saturated heterocycles. The summed E-state index contributed by atoms with van der Waals surface area (Å²) in [6.07, 6.45) is 0. The quantitative estimate of drug-likeness (QED) is 0.407. The van der Waals surface area contributed by atoms with Crippen molar-refractivity contribution in [2.75, 3.05) is 27.4 Å². The van der Waals surface area contributed by atoms with Crippen LogP contribution >= 0.6 is 35.3 Å². The summed E-state index contributed by atoms with van der Waals surface area (Å²) in [7, 11) is 3.85. The van der Waals surface area contributed by atoms with Crippen molar-refractivity contribution in [3.63, 3.8) is 0 Å². The molecule has 7 heteroatoms. The summed E-state index contributed by atoms with van der Waals surface area (Å²) in [4.78, 5) is 6.50. The van der Waals surface area contributed by atoms with E-state index in [0.29, 0.717) is 12.7 Å². The average molecular weight is 473 g/mol. The summed E-state index contributed by atoms with van der Waals surface area (Å²) in [5.41, 5.74) is 2.52. The Morgan fingerprint density at radius 2 is 2.12 bits per heavy atom. The van der Waals surface area contributed by atoms with E-state index in [9.17, 15) is 0 Å². The van der Waals surface area contributed by atoms with Crippen molar-refractivity contribution in [2.24, 2.45) is 4.99 Å². The van der Waals surface area contributed by atoms with Crippen molar-refractivity contribution in [2.45, 2.75) is 19.4 Å². The van der Waals surface area contributed by atoms with Crippen LogP contribution in [-0.2, 0) is 6.54 Å². The Morgan fingerprint density at radius 3 is 2.84 bits per heavy atom. The number of nitrogens with one attached hydrogen (secondary N) is 1. The van der Waals surface area contributed by atoms with E-state index in [1.807, 2.05) is 26.2 Å². The van der Waals surface area contributed by atoms with Crippen LogP contribution in [0.25, 0.3) is 0 Å². The third-order valence-corrected chi connectivity index (χ3v) is 4.81. The lowest BCUT2D eigenvalue weighted by Gasteiger charge is -2.23. The molecule has 2 aromatic rings. The molecule has 1 N–H and O–H groups in total. The third-order valence-electron chi connectivity index (χ3n) is 4.11. The highest BCUT2D eigenvalue weighted by atomic mass is 127. The average Bonchev–Trinajstić information content (AvgIpc) is 3.26. The van der Waals surface area contributed by atoms with Gasteiger partial charge in [0.1, 0.15) is 0 Å². The lowest BCUT2D eigenvalue weighted by molar-refractivity contribution is 0.174. The molecule has 1 aromatic heterocycles. The van der Waals surface area contributed by atoms with Crippen LogP contribution in [0.4, 0.5) is 0 Å². The molecule has 1 aromatic carbocycles. The van der Waals surface area contributed by atoms with Crippen molar-refractivity contribution in [3.05, 3.63) is 46.2 Å². The first kappa shape index (κ1) is 19.8. The predicted molar refractivity (Wildman–Crippen MR) is 114 cm³/mol. The van der Waals surface area contributed by atoms with Crippen molar-refractivity contribution < 1.29 is 9.47 Å². The Labute approximate surface area is 170 Å². The van der Waals surface area contributed by atoms with Crippen LogP contribution in [0.2, 0.25) is 0 Å². The number of rotatable bonds is 5. The predicted octanol–water partition coefficient (Wildman–Crippen LogP) is 3.91. The molecule has 0 fully saturated rings. The fraction of sp³-hybridized carbons (Fsp3) is 0.389. The van der Waals surface area contributed by atoms with Crippen LogP contribution in [-0.4, -0.2) is 38.3 Å². The van der Waals surface area contributed by atoms with Gasteiger partial charge in [0.25, 0.3) is 0 Å². The standard InChI is InChI=1S/C18H23N3O2S.HI/c1-13(15-6-7-24-11-15)9-20-18(19-2)21(3)10-14-4-5-16-17(8-14)23-12-22-16;/h4-8,11,13H,9-10,12H2,1-3H3,(H,19,20);1H. The van der Waals surface area contributed by atoms with E-state index in [1.165, 1.54) is 5.56 Å². The molecule has 2 heterocycles. The van der Waals surface area contributed by atoms with Crippen molar-refractivity contribution >= 4 is 41.3 Å². The van der Waals surface area contributed by atoms with Gasteiger partial charge in [0.15, 0.2) is 17.5 Å². The van der Waals surface area contributed by atoms with Crippen LogP contribution in [0.15, 0.2) is 40.0 Å². The summed E-state index contributed by atoms with van der Waals surface area (Å²) in [6.45, 7) is 4.14. The van der Waals surface area contributed by atoms with Crippen LogP contribution in [0, 0.1) is 0 Å². The lowest BCUT2D eigenvalue weighted by atomic mass is 10.1. The number of nitrogens with zero attached hydrogens (tertiary/aromatic N) is 2. The summed E-state index contributed by atoms with van der Waals surface area (Å²) < 4.78 is 10.8. The minimum absolute atomic E-state index is 0. The molecule has 0 aliphatic carbocycles. The van der Waals surface area contributed by atoms with Gasteiger partial charge in [-0.3, -0.25) is 4.99 Å². The monoisotopic (exact) mass is 473 g/mol. The number of benzene rings is 1. The highest BCUT2D eigenvalue weighted by Crippen LogP contribution is 2.32. The maximum absolute atomic E-state index is 5.44. The zero-order valence-electron chi connectivity index (χ0n) is 14.7. The van der Waals surface area contributed by atoms with Crippen LogP contribution in [0.1, 0.15) is 24.0 Å². The number of ether oxygens (including phenoxy) is 2. The van der Waals surface area contributed by atoms with Gasteiger partial charge in [-0.1, -0.05) is 13.0 Å². The lowest BCUT2D eigenvalue weighted by Crippen LogP contribution is -2.40. The molecule has 0 bridgehead atoms. The number of hydrogen-bond acceptors (Lipinski definition) is 4. The van der Waals surface area contributed by atoms with Gasteiger partial charge < -0.3 is 19.7 Å². The molecule has 1 atom stereocenters. The van der Waals surface area contributed by atoms with Gasteiger partial charge >= 0.3 is 0 Å². The zero-order valence-corrected chi connectivity index (χ0v) is 17.8. The molecule has 1 unspecified atom stereocenters. The Morgan fingerprint density at radius 1 is 1.32 bits per heavy atom. The maximum Gasteiger partial charge on any atom is 0.231 e. The molecule has 1 aliphatic rings. The van der Waals surface area contributed by atoms with Crippen molar-refractivity contribution in [1.29, 1.82) is 0 Å². The highest BCUT2D eigenvalue weighted by Gasteiger charge is 2.15. The first-order valence-corrected chi connectivity index (χ1v) is 8.94. The number of fused-ring (bicyclic) bond motifs is 1. The second-order valence-corrected chi connectivity index (χ2v) is 6.71. The first-order chi connectivity index (χ1) is 11.7. The van der Waals surface area contributed by atoms with Crippen molar-refractivity contribution in [3.8, 4) is 11.5 Å². The summed E-state index contributed by atoms with van der Waals surface area (Å²) in [5.74, 6) is 2.96. The molecule has 0 radical (unpaired) electrons. The Kier molecular flexibility index (Phi) is 7.37. The third kappa shape index (κ3) is 5.01. The van der Waals surface area contributed by atoms with E-state index in [-0.39, 0.29) is 24.0 Å². The van der Waals surface area contributed by atoms with Gasteiger partial charge in [-0.25, -0.2) is 0 Å². The second-order valence-electron chi connectivity index (χ2n) is 5.93. The molecule has 5 nitrogen and oxygen atoms in total. The largest absolute Gasteiger partial charge is 0.454 e. The summed E-state index contributed by atoms with van der Waals surface area (Å²) >= 11 is 1.74. The Hall–Kier alpha value is -1.48. The number of aliphatic imine (C=N–C) groups is 1. The van der Waals surface area contributed by atoms with Gasteiger partial charge in [0.2, 0.25) is 6.79 Å². The van der Waals surface area contributed by atoms with E-state index in [2.05, 4.69) is 45.0 Å². The molecule has 0 spiro atoms. The van der Waals surface area contributed by atoms with Gasteiger partial charge in [-0.05, 0) is 46.0 Å². The SMILES string of the molecule is CN=C(NCC(C)c1ccsc1)N(C)Cc1ccc2c(c1)OCO2.I. The number of hydrogen-bond donors (Lipinski definition) is 1.